The number of methoxy groups -OCH3 is 2. The summed E-state index contributed by atoms with van der Waals surface area (Å²) in [5.74, 6) is 1.68. The van der Waals surface area contributed by atoms with Gasteiger partial charge in [0.2, 0.25) is 0 Å². The Bertz CT molecular complexity index is 649. The lowest BCUT2D eigenvalue weighted by atomic mass is 10.2. The van der Waals surface area contributed by atoms with Crippen molar-refractivity contribution < 1.29 is 33.3 Å². The van der Waals surface area contributed by atoms with Gasteiger partial charge in [-0.15, -0.1) is 0 Å². The zero-order chi connectivity index (χ0) is 23.1. The summed E-state index contributed by atoms with van der Waals surface area (Å²) in [5, 5.41) is 0. The molecule has 0 atom stereocenters. The topological polar surface area (TPSA) is 91.4 Å². The molecule has 1 aliphatic rings. The van der Waals surface area contributed by atoms with Gasteiger partial charge in [0, 0.05) is 29.6 Å². The first-order valence-electron chi connectivity index (χ1n) is 9.79. The summed E-state index contributed by atoms with van der Waals surface area (Å²) in [5.41, 5.74) is 0.990. The number of ether oxygens (including phenoxy) is 4. The number of carbonyl (C=O) groups is 3. The van der Waals surface area contributed by atoms with Gasteiger partial charge < -0.3 is 23.8 Å². The van der Waals surface area contributed by atoms with Crippen molar-refractivity contribution in [1.29, 1.82) is 0 Å². The van der Waals surface area contributed by atoms with Crippen LogP contribution < -0.4 is 0 Å². The van der Waals surface area contributed by atoms with Crippen molar-refractivity contribution >= 4 is 41.4 Å². The number of esters is 3. The van der Waals surface area contributed by atoms with E-state index in [9.17, 15) is 14.4 Å². The fourth-order valence-corrected chi connectivity index (χ4v) is 4.72. The number of rotatable bonds is 11. The molecule has 1 aliphatic heterocycles. The smallest absolute Gasteiger partial charge is 0.345 e. The molecule has 8 nitrogen and oxygen atoms in total. The van der Waals surface area contributed by atoms with Crippen LogP contribution in [0.4, 0.5) is 0 Å². The van der Waals surface area contributed by atoms with Gasteiger partial charge in [0.05, 0.1) is 33.5 Å². The van der Waals surface area contributed by atoms with E-state index in [1.54, 1.807) is 18.0 Å². The molecule has 0 aliphatic carbocycles. The Labute approximate surface area is 192 Å². The summed E-state index contributed by atoms with van der Waals surface area (Å²) in [6, 6.07) is 0. The van der Waals surface area contributed by atoms with Gasteiger partial charge in [-0.25, -0.2) is 9.59 Å². The van der Waals surface area contributed by atoms with E-state index < -0.39 is 11.9 Å². The molecule has 174 valence electrons. The second-order valence-electron chi connectivity index (χ2n) is 6.45. The van der Waals surface area contributed by atoms with Crippen molar-refractivity contribution in [2.45, 2.75) is 13.0 Å². The maximum Gasteiger partial charge on any atom is 0.345 e. The average molecular weight is 474 g/mol. The molecule has 10 heteroatoms. The number of carbonyl (C=O) groups excluding carboxylic acids is 3. The second kappa shape index (κ2) is 15.8. The van der Waals surface area contributed by atoms with Crippen LogP contribution in [0, 0.1) is 0 Å². The van der Waals surface area contributed by atoms with Crippen molar-refractivity contribution in [1.82, 2.24) is 4.90 Å². The lowest BCUT2D eigenvalue weighted by molar-refractivity contribution is -0.145. The van der Waals surface area contributed by atoms with E-state index in [4.69, 9.17) is 9.47 Å². The third-order valence-corrected chi connectivity index (χ3v) is 6.40. The van der Waals surface area contributed by atoms with Crippen LogP contribution in [0.25, 0.3) is 0 Å². The lowest BCUT2D eigenvalue weighted by Gasteiger charge is -2.23. The van der Waals surface area contributed by atoms with Crippen LogP contribution in [-0.2, 0) is 33.3 Å². The zero-order valence-corrected chi connectivity index (χ0v) is 19.9. The normalized spacial score (nSPS) is 15.0. The maximum absolute atomic E-state index is 11.9. The van der Waals surface area contributed by atoms with Gasteiger partial charge in [0.1, 0.15) is 12.1 Å². The highest BCUT2D eigenvalue weighted by atomic mass is 32.2. The van der Waals surface area contributed by atoms with Crippen LogP contribution >= 0.6 is 23.5 Å². The molecular formula is C21H31NO7S2. The molecule has 0 unspecified atom stereocenters. The highest BCUT2D eigenvalue weighted by molar-refractivity contribution is 8.01. The molecule has 1 heterocycles. The molecule has 0 spiro atoms. The van der Waals surface area contributed by atoms with E-state index in [1.807, 2.05) is 23.5 Å². The van der Waals surface area contributed by atoms with Gasteiger partial charge in [0.15, 0.2) is 0 Å². The van der Waals surface area contributed by atoms with E-state index in [1.165, 1.54) is 31.9 Å². The number of hydrogen-bond acceptors (Lipinski definition) is 10. The molecule has 1 rings (SSSR count). The monoisotopic (exact) mass is 473 g/mol. The fraction of sp³-hybridized carbons (Fsp3) is 0.571. The minimum atomic E-state index is -0.807. The Balaban J connectivity index is 2.72. The van der Waals surface area contributed by atoms with Gasteiger partial charge >= 0.3 is 17.9 Å². The first kappa shape index (κ1) is 27.1. The van der Waals surface area contributed by atoms with Crippen molar-refractivity contribution in [2.75, 3.05) is 63.5 Å². The van der Waals surface area contributed by atoms with Crippen LogP contribution in [0.1, 0.15) is 6.92 Å². The average Bonchev–Trinajstić information content (AvgIpc) is 2.73. The Morgan fingerprint density at radius 1 is 1.13 bits per heavy atom. The molecule has 0 N–H and O–H groups in total. The molecule has 1 fully saturated rings. The Morgan fingerprint density at radius 3 is 2.29 bits per heavy atom. The van der Waals surface area contributed by atoms with Crippen LogP contribution in [-0.4, -0.2) is 92.4 Å². The van der Waals surface area contributed by atoms with Gasteiger partial charge in [0.25, 0.3) is 0 Å². The summed E-state index contributed by atoms with van der Waals surface area (Å²) < 4.78 is 20.2. The van der Waals surface area contributed by atoms with Crippen molar-refractivity contribution in [2.24, 2.45) is 0 Å². The molecule has 0 bridgehead atoms. The quantitative estimate of drug-likeness (QED) is 0.0844. The summed E-state index contributed by atoms with van der Waals surface area (Å²) in [6.07, 6.45) is 4.49. The molecule has 31 heavy (non-hydrogen) atoms. The predicted octanol–water partition coefficient (Wildman–Crippen LogP) is 2.06. The fourth-order valence-electron chi connectivity index (χ4n) is 2.47. The number of nitrogens with zero attached hydrogens (tertiary/aromatic N) is 1. The van der Waals surface area contributed by atoms with Crippen LogP contribution in [0.5, 0.6) is 0 Å². The van der Waals surface area contributed by atoms with Crippen molar-refractivity contribution in [3.05, 3.63) is 36.1 Å². The van der Waals surface area contributed by atoms with Gasteiger partial charge in [-0.1, -0.05) is 12.2 Å². The van der Waals surface area contributed by atoms with E-state index >= 15 is 0 Å². The Hall–Kier alpha value is -1.91. The molecule has 0 radical (unpaired) electrons. The summed E-state index contributed by atoms with van der Waals surface area (Å²) >= 11 is 3.63. The molecule has 0 aromatic carbocycles. The molecule has 0 saturated carbocycles. The van der Waals surface area contributed by atoms with Crippen LogP contribution in [0.3, 0.4) is 0 Å². The first-order valence-corrected chi connectivity index (χ1v) is 12.1. The lowest BCUT2D eigenvalue weighted by Crippen LogP contribution is -2.32. The van der Waals surface area contributed by atoms with E-state index in [0.29, 0.717) is 13.2 Å². The molecular weight excluding hydrogens is 442 g/mol. The minimum Gasteiger partial charge on any atom is -0.465 e. The summed E-state index contributed by atoms with van der Waals surface area (Å²) in [4.78, 5) is 37.1. The van der Waals surface area contributed by atoms with E-state index in [-0.39, 0.29) is 30.8 Å². The zero-order valence-electron chi connectivity index (χ0n) is 18.3. The molecule has 0 aromatic rings. The SMILES string of the molecule is C=C1CSCC(OCCN(C=CC=C(C(=O)OC)C(=O)OC)CC(=O)OCC)CSC1. The van der Waals surface area contributed by atoms with E-state index in [0.717, 1.165) is 23.0 Å². The largest absolute Gasteiger partial charge is 0.465 e. The van der Waals surface area contributed by atoms with Crippen molar-refractivity contribution in [3.63, 3.8) is 0 Å². The first-order chi connectivity index (χ1) is 14.9. The van der Waals surface area contributed by atoms with Gasteiger partial charge in [-0.3, -0.25) is 4.79 Å². The third kappa shape index (κ3) is 11.3. The highest BCUT2D eigenvalue weighted by Gasteiger charge is 2.19. The summed E-state index contributed by atoms with van der Waals surface area (Å²) in [6.45, 7) is 6.93. The Morgan fingerprint density at radius 2 is 1.74 bits per heavy atom. The Kier molecular flexibility index (Phi) is 13.8. The third-order valence-electron chi connectivity index (χ3n) is 3.96. The standard InChI is InChI=1S/C21H31NO7S2/c1-5-28-19(23)11-22(8-6-7-18(20(24)26-3)21(25)27-4)9-10-29-17-14-30-12-16(2)13-31-15-17/h6-8,17H,2,5,9-15H2,1,3-4H3. The van der Waals surface area contributed by atoms with Crippen LogP contribution in [0.15, 0.2) is 36.1 Å². The highest BCUT2D eigenvalue weighted by Crippen LogP contribution is 2.21. The van der Waals surface area contributed by atoms with E-state index in [2.05, 4.69) is 16.1 Å². The number of thioether (sulfide) groups is 2. The number of hydrogen-bond donors (Lipinski definition) is 0. The molecule has 0 amide bonds. The maximum atomic E-state index is 11.9. The van der Waals surface area contributed by atoms with Gasteiger partial charge in [-0.2, -0.15) is 23.5 Å². The van der Waals surface area contributed by atoms with Gasteiger partial charge in [-0.05, 0) is 25.3 Å². The van der Waals surface area contributed by atoms with Crippen molar-refractivity contribution in [3.8, 4) is 0 Å². The molecule has 0 aromatic heterocycles. The van der Waals surface area contributed by atoms with Crippen LogP contribution in [0.2, 0.25) is 0 Å². The number of allylic oxidation sites excluding steroid dienone is 2. The summed E-state index contributed by atoms with van der Waals surface area (Å²) in [7, 11) is 2.35. The second-order valence-corrected chi connectivity index (χ2v) is 8.51. The molecule has 1 saturated heterocycles. The predicted molar refractivity (Wildman–Crippen MR) is 123 cm³/mol. The minimum absolute atomic E-state index is 0.0152.